The maximum Gasteiger partial charge on any atom is 0.228 e. The Morgan fingerprint density at radius 1 is 1.18 bits per heavy atom. The molecule has 9 heteroatoms. The third-order valence-electron chi connectivity index (χ3n) is 4.60. The highest BCUT2D eigenvalue weighted by Crippen LogP contribution is 2.24. The fourth-order valence-corrected chi connectivity index (χ4v) is 4.90. The van der Waals surface area contributed by atoms with Gasteiger partial charge < -0.3 is 5.32 Å². The molecule has 2 aromatic carbocycles. The van der Waals surface area contributed by atoms with Crippen molar-refractivity contribution in [2.75, 3.05) is 18.4 Å². The fourth-order valence-electron chi connectivity index (χ4n) is 3.11. The first kappa shape index (κ1) is 20.7. The largest absolute Gasteiger partial charge is 0.326 e. The summed E-state index contributed by atoms with van der Waals surface area (Å²) in [7, 11) is -3.64. The van der Waals surface area contributed by atoms with Crippen LogP contribution in [0.25, 0.3) is 0 Å². The van der Waals surface area contributed by atoms with Gasteiger partial charge in [-0.2, -0.15) is 0 Å². The quantitative estimate of drug-likeness (QED) is 0.787. The zero-order chi connectivity index (χ0) is 20.3. The summed E-state index contributed by atoms with van der Waals surface area (Å²) < 4.78 is 52.9. The van der Waals surface area contributed by atoms with Crippen LogP contribution in [0.2, 0.25) is 5.02 Å². The second-order valence-corrected chi connectivity index (χ2v) is 9.07. The highest BCUT2D eigenvalue weighted by Gasteiger charge is 2.32. The van der Waals surface area contributed by atoms with Crippen LogP contribution in [0.15, 0.2) is 42.5 Å². The maximum absolute atomic E-state index is 13.2. The molecule has 0 bridgehead atoms. The van der Waals surface area contributed by atoms with Gasteiger partial charge in [0.2, 0.25) is 15.9 Å². The van der Waals surface area contributed by atoms with Gasteiger partial charge in [-0.3, -0.25) is 4.79 Å². The number of piperidine rings is 1. The Morgan fingerprint density at radius 2 is 1.89 bits per heavy atom. The second-order valence-electron chi connectivity index (χ2n) is 6.70. The van der Waals surface area contributed by atoms with Crippen LogP contribution < -0.4 is 5.32 Å². The Morgan fingerprint density at radius 3 is 2.57 bits per heavy atom. The third kappa shape index (κ3) is 5.06. The molecule has 28 heavy (non-hydrogen) atoms. The maximum atomic E-state index is 13.2. The number of halogens is 3. The lowest BCUT2D eigenvalue weighted by molar-refractivity contribution is -0.120. The number of anilines is 1. The van der Waals surface area contributed by atoms with Crippen molar-refractivity contribution in [3.63, 3.8) is 0 Å². The van der Waals surface area contributed by atoms with Crippen molar-refractivity contribution >= 4 is 33.2 Å². The standard InChI is InChI=1S/C19H19ClF2N2O3S/c20-17-10-16(7-8-18(17)22)23-19(25)14-2-1-9-24(11-14)28(26,27)12-13-3-5-15(21)6-4-13/h3-8,10,14H,1-2,9,11-12H2,(H,23,25)/t14-/m0/s1. The number of nitrogens with zero attached hydrogens (tertiary/aromatic N) is 1. The monoisotopic (exact) mass is 428 g/mol. The lowest BCUT2D eigenvalue weighted by Gasteiger charge is -2.31. The first-order valence-electron chi connectivity index (χ1n) is 8.73. The first-order chi connectivity index (χ1) is 13.2. The summed E-state index contributed by atoms with van der Waals surface area (Å²) in [5.74, 6) is -2.15. The van der Waals surface area contributed by atoms with Gasteiger partial charge in [0.15, 0.2) is 0 Å². The number of nitrogens with one attached hydrogen (secondary N) is 1. The third-order valence-corrected chi connectivity index (χ3v) is 6.70. The molecule has 0 aliphatic carbocycles. The zero-order valence-electron chi connectivity index (χ0n) is 14.9. The van der Waals surface area contributed by atoms with Gasteiger partial charge in [0.25, 0.3) is 0 Å². The highest BCUT2D eigenvalue weighted by atomic mass is 35.5. The van der Waals surface area contributed by atoms with E-state index in [1.165, 1.54) is 40.7 Å². The van der Waals surface area contributed by atoms with Crippen molar-refractivity contribution in [2.24, 2.45) is 5.92 Å². The molecule has 0 radical (unpaired) electrons. The first-order valence-corrected chi connectivity index (χ1v) is 10.7. The van der Waals surface area contributed by atoms with E-state index in [-0.39, 0.29) is 23.2 Å². The van der Waals surface area contributed by atoms with E-state index in [1.54, 1.807) is 0 Å². The van der Waals surface area contributed by atoms with Crippen LogP contribution in [0.5, 0.6) is 0 Å². The van der Waals surface area contributed by atoms with Crippen LogP contribution in [0.3, 0.4) is 0 Å². The Hall–Kier alpha value is -2.03. The average Bonchev–Trinajstić information content (AvgIpc) is 2.66. The molecule has 1 atom stereocenters. The van der Waals surface area contributed by atoms with E-state index >= 15 is 0 Å². The molecule has 1 fully saturated rings. The number of rotatable bonds is 5. The Kier molecular flexibility index (Phi) is 6.32. The lowest BCUT2D eigenvalue weighted by atomic mass is 9.99. The lowest BCUT2D eigenvalue weighted by Crippen LogP contribution is -2.44. The van der Waals surface area contributed by atoms with Crippen molar-refractivity contribution in [2.45, 2.75) is 18.6 Å². The van der Waals surface area contributed by atoms with E-state index in [1.807, 2.05) is 0 Å². The van der Waals surface area contributed by atoms with Gasteiger partial charge in [-0.15, -0.1) is 0 Å². The second kappa shape index (κ2) is 8.55. The van der Waals surface area contributed by atoms with E-state index in [0.717, 1.165) is 6.07 Å². The molecule has 1 heterocycles. The number of benzene rings is 2. The number of carbonyl (C=O) groups is 1. The minimum atomic E-state index is -3.64. The normalized spacial score (nSPS) is 18.0. The molecule has 0 saturated carbocycles. The van der Waals surface area contributed by atoms with Crippen molar-refractivity contribution in [1.82, 2.24) is 4.31 Å². The molecule has 0 aromatic heterocycles. The molecule has 1 amide bonds. The molecular formula is C19H19ClF2N2O3S. The number of hydrogen-bond acceptors (Lipinski definition) is 3. The predicted molar refractivity (Wildman–Crippen MR) is 103 cm³/mol. The fraction of sp³-hybridized carbons (Fsp3) is 0.316. The van der Waals surface area contributed by atoms with Gasteiger partial charge in [-0.1, -0.05) is 23.7 Å². The molecule has 0 unspecified atom stereocenters. The summed E-state index contributed by atoms with van der Waals surface area (Å²) >= 11 is 5.72. The van der Waals surface area contributed by atoms with Crippen LogP contribution in [0.4, 0.5) is 14.5 Å². The topological polar surface area (TPSA) is 66.5 Å². The molecule has 5 nitrogen and oxygen atoms in total. The minimum absolute atomic E-state index is 0.0598. The number of sulfonamides is 1. The van der Waals surface area contributed by atoms with Gasteiger partial charge in [0, 0.05) is 18.8 Å². The smallest absolute Gasteiger partial charge is 0.228 e. The SMILES string of the molecule is O=C(Nc1ccc(F)c(Cl)c1)[C@H]1CCCN(S(=O)(=O)Cc2ccc(F)cc2)C1. The summed E-state index contributed by atoms with van der Waals surface area (Å²) in [6, 6.07) is 9.14. The Bertz CT molecular complexity index is 968. The van der Waals surface area contributed by atoms with E-state index in [9.17, 15) is 22.0 Å². The molecule has 1 saturated heterocycles. The van der Waals surface area contributed by atoms with Gasteiger partial charge in [-0.05, 0) is 48.7 Å². The summed E-state index contributed by atoms with van der Waals surface area (Å²) in [4.78, 5) is 12.5. The molecule has 3 rings (SSSR count). The van der Waals surface area contributed by atoms with E-state index < -0.39 is 27.6 Å². The zero-order valence-corrected chi connectivity index (χ0v) is 16.4. The molecule has 0 spiro atoms. The summed E-state index contributed by atoms with van der Waals surface area (Å²) in [6.45, 7) is 0.389. The van der Waals surface area contributed by atoms with E-state index in [0.29, 0.717) is 30.6 Å². The van der Waals surface area contributed by atoms with Crippen molar-refractivity contribution in [1.29, 1.82) is 0 Å². The Labute approximate surface area is 167 Å². The number of hydrogen-bond donors (Lipinski definition) is 1. The molecule has 1 aliphatic rings. The molecule has 2 aromatic rings. The van der Waals surface area contributed by atoms with Crippen LogP contribution in [-0.2, 0) is 20.6 Å². The minimum Gasteiger partial charge on any atom is -0.326 e. The van der Waals surface area contributed by atoms with Crippen molar-refractivity contribution < 1.29 is 22.0 Å². The molecule has 150 valence electrons. The predicted octanol–water partition coefficient (Wildman–Crippen LogP) is 3.80. The molecule has 1 N–H and O–H groups in total. The van der Waals surface area contributed by atoms with Crippen molar-refractivity contribution in [3.8, 4) is 0 Å². The van der Waals surface area contributed by atoms with Crippen LogP contribution >= 0.6 is 11.6 Å². The average molecular weight is 429 g/mol. The highest BCUT2D eigenvalue weighted by molar-refractivity contribution is 7.88. The molecular weight excluding hydrogens is 410 g/mol. The van der Waals surface area contributed by atoms with E-state index in [4.69, 9.17) is 11.6 Å². The van der Waals surface area contributed by atoms with Gasteiger partial charge in [0.1, 0.15) is 11.6 Å². The van der Waals surface area contributed by atoms with Gasteiger partial charge >= 0.3 is 0 Å². The number of amides is 1. The van der Waals surface area contributed by atoms with Crippen LogP contribution in [0, 0.1) is 17.6 Å². The van der Waals surface area contributed by atoms with Gasteiger partial charge in [0.05, 0.1) is 16.7 Å². The molecule has 1 aliphatic heterocycles. The van der Waals surface area contributed by atoms with E-state index in [2.05, 4.69) is 5.32 Å². The summed E-state index contributed by atoms with van der Waals surface area (Å²) in [6.07, 6.45) is 1.09. The Balaban J connectivity index is 1.66. The summed E-state index contributed by atoms with van der Waals surface area (Å²) in [5.41, 5.74) is 0.830. The number of carbonyl (C=O) groups excluding carboxylic acids is 1. The van der Waals surface area contributed by atoms with Crippen molar-refractivity contribution in [3.05, 3.63) is 64.7 Å². The van der Waals surface area contributed by atoms with Crippen LogP contribution in [-0.4, -0.2) is 31.7 Å². The van der Waals surface area contributed by atoms with Crippen LogP contribution in [0.1, 0.15) is 18.4 Å². The summed E-state index contributed by atoms with van der Waals surface area (Å²) in [5, 5.41) is 2.55. The van der Waals surface area contributed by atoms with Gasteiger partial charge in [-0.25, -0.2) is 21.5 Å².